The van der Waals surface area contributed by atoms with E-state index in [4.69, 9.17) is 9.52 Å². The second-order valence-corrected chi connectivity index (χ2v) is 5.66. The molecule has 1 fully saturated rings. The van der Waals surface area contributed by atoms with E-state index < -0.39 is 29.6 Å². The van der Waals surface area contributed by atoms with Crippen LogP contribution in [0.4, 0.5) is 0 Å². The Balaban J connectivity index is 1.91. The molecule has 0 aromatic carbocycles. The van der Waals surface area contributed by atoms with Gasteiger partial charge in [0.15, 0.2) is 10.4 Å². The van der Waals surface area contributed by atoms with Crippen LogP contribution in [0.2, 0.25) is 0 Å². The van der Waals surface area contributed by atoms with Crippen LogP contribution in [-0.4, -0.2) is 22.9 Å². The van der Waals surface area contributed by atoms with Crippen molar-refractivity contribution in [2.75, 3.05) is 0 Å². The minimum Gasteiger partial charge on any atom is -0.481 e. The average Bonchev–Trinajstić information content (AvgIpc) is 2.91. The van der Waals surface area contributed by atoms with Crippen LogP contribution in [0.5, 0.6) is 0 Å². The van der Waals surface area contributed by atoms with Crippen molar-refractivity contribution in [3.63, 3.8) is 0 Å². The number of nitrogens with one attached hydrogen (secondary N) is 2. The summed E-state index contributed by atoms with van der Waals surface area (Å²) in [7, 11) is 0. The van der Waals surface area contributed by atoms with E-state index in [-0.39, 0.29) is 5.76 Å². The summed E-state index contributed by atoms with van der Waals surface area (Å²) < 4.78 is 5.44. The van der Waals surface area contributed by atoms with Gasteiger partial charge in [-0.25, -0.2) is 0 Å². The summed E-state index contributed by atoms with van der Waals surface area (Å²) in [5.41, 5.74) is 4.49. The second kappa shape index (κ2) is 6.75. The first-order chi connectivity index (χ1) is 9.99. The summed E-state index contributed by atoms with van der Waals surface area (Å²) in [6.45, 7) is 0. The van der Waals surface area contributed by atoms with E-state index >= 15 is 0 Å². The molecule has 1 aromatic rings. The van der Waals surface area contributed by atoms with E-state index in [1.807, 2.05) is 0 Å². The SMILES string of the molecule is O=C(NNC(=O)[C@@H]1CCCC[C@H]1C(=O)O)c1ccc(Br)o1. The van der Waals surface area contributed by atoms with Gasteiger partial charge >= 0.3 is 11.9 Å². The second-order valence-electron chi connectivity index (χ2n) is 4.88. The zero-order chi connectivity index (χ0) is 15.4. The first kappa shape index (κ1) is 15.6. The normalized spacial score (nSPS) is 21.6. The highest BCUT2D eigenvalue weighted by atomic mass is 79.9. The summed E-state index contributed by atoms with van der Waals surface area (Å²) in [6.07, 6.45) is 2.59. The van der Waals surface area contributed by atoms with Gasteiger partial charge in [-0.15, -0.1) is 0 Å². The molecular weight excluding hydrogens is 344 g/mol. The van der Waals surface area contributed by atoms with Crippen molar-refractivity contribution in [3.05, 3.63) is 22.6 Å². The van der Waals surface area contributed by atoms with Crippen molar-refractivity contribution < 1.29 is 23.9 Å². The Hall–Kier alpha value is -1.83. The Labute approximate surface area is 129 Å². The molecule has 1 heterocycles. The van der Waals surface area contributed by atoms with E-state index in [0.29, 0.717) is 17.5 Å². The summed E-state index contributed by atoms with van der Waals surface area (Å²) in [6, 6.07) is 3.00. The Morgan fingerprint density at radius 2 is 1.81 bits per heavy atom. The van der Waals surface area contributed by atoms with Crippen molar-refractivity contribution >= 4 is 33.7 Å². The number of rotatable bonds is 3. The number of aliphatic carboxylic acids is 1. The lowest BCUT2D eigenvalue weighted by molar-refractivity contribution is -0.149. The Bertz CT molecular complexity index is 557. The molecule has 2 amide bonds. The number of hydrogen-bond donors (Lipinski definition) is 3. The maximum absolute atomic E-state index is 12.0. The predicted octanol–water partition coefficient (Wildman–Crippen LogP) is 1.69. The molecular formula is C13H15BrN2O5. The van der Waals surface area contributed by atoms with Crippen LogP contribution in [0.25, 0.3) is 0 Å². The minimum absolute atomic E-state index is 0.0422. The summed E-state index contributed by atoms with van der Waals surface area (Å²) in [4.78, 5) is 34.9. The highest BCUT2D eigenvalue weighted by Crippen LogP contribution is 2.30. The molecule has 2 rings (SSSR count). The van der Waals surface area contributed by atoms with E-state index in [2.05, 4.69) is 26.8 Å². The fraction of sp³-hybridized carbons (Fsp3) is 0.462. The largest absolute Gasteiger partial charge is 0.481 e. The average molecular weight is 359 g/mol. The molecule has 7 nitrogen and oxygen atoms in total. The summed E-state index contributed by atoms with van der Waals surface area (Å²) >= 11 is 3.07. The summed E-state index contributed by atoms with van der Waals surface area (Å²) in [5, 5.41) is 9.13. The molecule has 8 heteroatoms. The number of amides is 2. The molecule has 0 saturated heterocycles. The fourth-order valence-electron chi connectivity index (χ4n) is 2.45. The molecule has 1 aliphatic carbocycles. The van der Waals surface area contributed by atoms with Gasteiger partial charge in [-0.2, -0.15) is 0 Å². The number of carboxylic acids is 1. The number of carbonyl (C=O) groups is 3. The Morgan fingerprint density at radius 1 is 1.14 bits per heavy atom. The number of halogens is 1. The Kier molecular flexibility index (Phi) is 5.00. The van der Waals surface area contributed by atoms with Crippen molar-refractivity contribution in [3.8, 4) is 0 Å². The van der Waals surface area contributed by atoms with Crippen LogP contribution in [0.15, 0.2) is 21.2 Å². The maximum Gasteiger partial charge on any atom is 0.307 e. The molecule has 1 saturated carbocycles. The molecule has 21 heavy (non-hydrogen) atoms. The number of hydrazine groups is 1. The van der Waals surface area contributed by atoms with E-state index in [0.717, 1.165) is 12.8 Å². The third kappa shape index (κ3) is 3.84. The van der Waals surface area contributed by atoms with Crippen LogP contribution >= 0.6 is 15.9 Å². The van der Waals surface area contributed by atoms with Crippen LogP contribution in [-0.2, 0) is 9.59 Å². The maximum atomic E-state index is 12.0. The van der Waals surface area contributed by atoms with E-state index in [1.165, 1.54) is 6.07 Å². The van der Waals surface area contributed by atoms with Crippen molar-refractivity contribution in [2.24, 2.45) is 11.8 Å². The monoisotopic (exact) mass is 358 g/mol. The molecule has 0 bridgehead atoms. The van der Waals surface area contributed by atoms with Gasteiger partial charge in [0.1, 0.15) is 0 Å². The highest BCUT2D eigenvalue weighted by molar-refractivity contribution is 9.10. The lowest BCUT2D eigenvalue weighted by atomic mass is 9.79. The van der Waals surface area contributed by atoms with Crippen LogP contribution in [0.1, 0.15) is 36.2 Å². The van der Waals surface area contributed by atoms with Gasteiger partial charge in [0, 0.05) is 0 Å². The van der Waals surface area contributed by atoms with Crippen LogP contribution < -0.4 is 10.9 Å². The topological polar surface area (TPSA) is 109 Å². The third-order valence-corrected chi connectivity index (χ3v) is 3.94. The lowest BCUT2D eigenvalue weighted by Crippen LogP contribution is -2.47. The molecule has 1 aromatic heterocycles. The van der Waals surface area contributed by atoms with Crippen LogP contribution in [0, 0.1) is 11.8 Å². The molecule has 3 N–H and O–H groups in total. The molecule has 0 radical (unpaired) electrons. The Morgan fingerprint density at radius 3 is 2.38 bits per heavy atom. The smallest absolute Gasteiger partial charge is 0.307 e. The van der Waals surface area contributed by atoms with Gasteiger partial charge in [-0.3, -0.25) is 25.2 Å². The first-order valence-corrected chi connectivity index (χ1v) is 7.36. The fourth-order valence-corrected chi connectivity index (χ4v) is 2.76. The van der Waals surface area contributed by atoms with Crippen molar-refractivity contribution in [1.29, 1.82) is 0 Å². The molecule has 1 aliphatic rings. The number of carbonyl (C=O) groups excluding carboxylic acids is 2. The molecule has 0 aliphatic heterocycles. The summed E-state index contributed by atoms with van der Waals surface area (Å²) in [5.74, 6) is -3.34. The standard InChI is InChI=1S/C13H15BrN2O5/c14-10-6-5-9(21-10)12(18)16-15-11(17)7-3-1-2-4-8(7)13(19)20/h5-8H,1-4H2,(H,15,17)(H,16,18)(H,19,20)/t7-,8-/m1/s1. The van der Waals surface area contributed by atoms with Crippen molar-refractivity contribution in [2.45, 2.75) is 25.7 Å². The number of carboxylic acid groups (broad SMARTS) is 1. The molecule has 0 unspecified atom stereocenters. The van der Waals surface area contributed by atoms with E-state index in [1.54, 1.807) is 6.07 Å². The van der Waals surface area contributed by atoms with Gasteiger partial charge in [0.2, 0.25) is 5.91 Å². The zero-order valence-corrected chi connectivity index (χ0v) is 12.7. The molecule has 0 spiro atoms. The van der Waals surface area contributed by atoms with Gasteiger partial charge < -0.3 is 9.52 Å². The van der Waals surface area contributed by atoms with Gasteiger partial charge in [0.05, 0.1) is 11.8 Å². The zero-order valence-electron chi connectivity index (χ0n) is 11.1. The minimum atomic E-state index is -0.976. The van der Waals surface area contributed by atoms with Gasteiger partial charge in [-0.1, -0.05) is 12.8 Å². The van der Waals surface area contributed by atoms with Crippen molar-refractivity contribution in [1.82, 2.24) is 10.9 Å². The number of furan rings is 1. The lowest BCUT2D eigenvalue weighted by Gasteiger charge is -2.27. The van der Waals surface area contributed by atoms with Gasteiger partial charge in [-0.05, 0) is 40.9 Å². The third-order valence-electron chi connectivity index (χ3n) is 3.52. The van der Waals surface area contributed by atoms with Gasteiger partial charge in [0.25, 0.3) is 0 Å². The number of hydrogen-bond acceptors (Lipinski definition) is 4. The molecule has 114 valence electrons. The quantitative estimate of drug-likeness (QED) is 0.712. The highest BCUT2D eigenvalue weighted by Gasteiger charge is 2.35. The van der Waals surface area contributed by atoms with Crippen LogP contribution in [0.3, 0.4) is 0 Å². The van der Waals surface area contributed by atoms with E-state index in [9.17, 15) is 14.4 Å². The molecule has 2 atom stereocenters. The predicted molar refractivity (Wildman–Crippen MR) is 75.1 cm³/mol. The first-order valence-electron chi connectivity index (χ1n) is 6.57.